The maximum absolute atomic E-state index is 12.0. The van der Waals surface area contributed by atoms with E-state index >= 15 is 0 Å². The number of pyridine rings is 1. The van der Waals surface area contributed by atoms with E-state index < -0.39 is 5.91 Å². The zero-order valence-corrected chi connectivity index (χ0v) is 12.0. The molecule has 0 bridgehead atoms. The van der Waals surface area contributed by atoms with E-state index in [2.05, 4.69) is 10.3 Å². The lowest BCUT2D eigenvalue weighted by Gasteiger charge is -2.34. The van der Waals surface area contributed by atoms with E-state index in [1.54, 1.807) is 4.90 Å². The largest absolute Gasteiger partial charge is 0.365 e. The molecule has 1 aromatic heterocycles. The molecule has 1 aliphatic rings. The molecule has 7 heteroatoms. The van der Waals surface area contributed by atoms with Crippen molar-refractivity contribution in [2.45, 2.75) is 25.8 Å². The van der Waals surface area contributed by atoms with Crippen LogP contribution in [0.3, 0.4) is 0 Å². The molecule has 1 aliphatic heterocycles. The predicted octanol–water partition coefficient (Wildman–Crippen LogP) is 0.939. The molecule has 3 N–H and O–H groups in total. The summed E-state index contributed by atoms with van der Waals surface area (Å²) in [5.41, 5.74) is 5.99. The molecule has 0 saturated carbocycles. The second-order valence-electron chi connectivity index (χ2n) is 4.78. The number of carbonyl (C=O) groups is 2. The van der Waals surface area contributed by atoms with Crippen LogP contribution in [0.15, 0.2) is 12.3 Å². The summed E-state index contributed by atoms with van der Waals surface area (Å²) in [7, 11) is 0. The number of aromatic nitrogens is 1. The summed E-state index contributed by atoms with van der Waals surface area (Å²) in [5.74, 6) is -0.775. The Bertz CT molecular complexity index is 529. The van der Waals surface area contributed by atoms with E-state index in [1.165, 1.54) is 19.2 Å². The van der Waals surface area contributed by atoms with Crippen molar-refractivity contribution in [3.63, 3.8) is 0 Å². The molecule has 20 heavy (non-hydrogen) atoms. The van der Waals surface area contributed by atoms with Gasteiger partial charge in [-0.3, -0.25) is 9.59 Å². The van der Waals surface area contributed by atoms with E-state index in [0.717, 1.165) is 19.4 Å². The van der Waals surface area contributed by atoms with Gasteiger partial charge in [0.1, 0.15) is 5.15 Å². The molecule has 1 atom stereocenters. The van der Waals surface area contributed by atoms with E-state index in [-0.39, 0.29) is 22.7 Å². The van der Waals surface area contributed by atoms with Gasteiger partial charge in [-0.15, -0.1) is 0 Å². The molecule has 108 valence electrons. The fraction of sp³-hybridized carbons (Fsp3) is 0.462. The summed E-state index contributed by atoms with van der Waals surface area (Å²) in [5, 5.41) is 3.47. The molecule has 2 heterocycles. The second-order valence-corrected chi connectivity index (χ2v) is 5.16. The molecule has 0 aliphatic carbocycles. The van der Waals surface area contributed by atoms with Crippen LogP contribution in [0.4, 0.5) is 5.69 Å². The van der Waals surface area contributed by atoms with Crippen molar-refractivity contribution in [3.05, 3.63) is 23.0 Å². The first kappa shape index (κ1) is 14.7. The summed E-state index contributed by atoms with van der Waals surface area (Å²) >= 11 is 5.89. The molecule has 1 aromatic rings. The molecule has 0 spiro atoms. The van der Waals surface area contributed by atoms with E-state index in [1.807, 2.05) is 0 Å². The van der Waals surface area contributed by atoms with Crippen molar-refractivity contribution < 1.29 is 9.59 Å². The highest BCUT2D eigenvalue weighted by atomic mass is 35.5. The summed E-state index contributed by atoms with van der Waals surface area (Å²) in [6, 6.07) is 1.50. The van der Waals surface area contributed by atoms with E-state index in [0.29, 0.717) is 12.2 Å². The van der Waals surface area contributed by atoms with Gasteiger partial charge in [0.15, 0.2) is 0 Å². The number of rotatable bonds is 3. The first-order chi connectivity index (χ1) is 9.50. The maximum Gasteiger partial charge on any atom is 0.252 e. The second kappa shape index (κ2) is 6.19. The van der Waals surface area contributed by atoms with Crippen LogP contribution in [0, 0.1) is 0 Å². The molecule has 1 fully saturated rings. The summed E-state index contributed by atoms with van der Waals surface area (Å²) in [6.07, 6.45) is 3.15. The first-order valence-electron chi connectivity index (χ1n) is 6.46. The minimum absolute atomic E-state index is 0.0159. The Balaban J connectivity index is 2.45. The Hall–Kier alpha value is -1.66. The highest BCUT2D eigenvalue weighted by Gasteiger charge is 2.27. The average Bonchev–Trinajstić information content (AvgIpc) is 2.39. The third-order valence-electron chi connectivity index (χ3n) is 3.35. The van der Waals surface area contributed by atoms with Gasteiger partial charge < -0.3 is 16.0 Å². The number of carbonyl (C=O) groups excluding carboxylic acids is 2. The topological polar surface area (TPSA) is 88.3 Å². The summed E-state index contributed by atoms with van der Waals surface area (Å²) in [4.78, 5) is 29.0. The van der Waals surface area contributed by atoms with Crippen molar-refractivity contribution in [2.24, 2.45) is 5.73 Å². The van der Waals surface area contributed by atoms with Gasteiger partial charge in [-0.1, -0.05) is 11.6 Å². The lowest BCUT2D eigenvalue weighted by Crippen LogP contribution is -2.48. The molecule has 1 saturated heterocycles. The Labute approximate surface area is 122 Å². The van der Waals surface area contributed by atoms with Crippen LogP contribution in [0.2, 0.25) is 5.15 Å². The van der Waals surface area contributed by atoms with Crippen molar-refractivity contribution in [1.29, 1.82) is 0 Å². The molecular formula is C13H17ClN4O2. The third kappa shape index (κ3) is 3.08. The monoisotopic (exact) mass is 296 g/mol. The standard InChI is InChI=1S/C13H17ClN4O2/c1-8(19)18(9-3-2-4-16-6-9)11-5-12(14)17-7-10(11)13(15)20/h5,7,9,16H,2-4,6H2,1H3,(H2,15,20). The van der Waals surface area contributed by atoms with Gasteiger partial charge in [-0.2, -0.15) is 0 Å². The Morgan fingerprint density at radius 2 is 2.30 bits per heavy atom. The SMILES string of the molecule is CC(=O)N(c1cc(Cl)ncc1C(N)=O)C1CCCNC1. The number of amides is 2. The van der Waals surface area contributed by atoms with Gasteiger partial charge in [-0.05, 0) is 19.4 Å². The quantitative estimate of drug-likeness (QED) is 0.813. The number of nitrogens with one attached hydrogen (secondary N) is 1. The van der Waals surface area contributed by atoms with Gasteiger partial charge in [0.2, 0.25) is 5.91 Å². The van der Waals surface area contributed by atoms with Crippen molar-refractivity contribution in [2.75, 3.05) is 18.0 Å². The lowest BCUT2D eigenvalue weighted by molar-refractivity contribution is -0.117. The zero-order valence-electron chi connectivity index (χ0n) is 11.2. The van der Waals surface area contributed by atoms with Gasteiger partial charge in [-0.25, -0.2) is 4.98 Å². The molecule has 2 amide bonds. The maximum atomic E-state index is 12.0. The third-order valence-corrected chi connectivity index (χ3v) is 3.56. The van der Waals surface area contributed by atoms with Gasteiger partial charge in [0.05, 0.1) is 11.3 Å². The van der Waals surface area contributed by atoms with Crippen LogP contribution in [0.25, 0.3) is 0 Å². The number of hydrogen-bond donors (Lipinski definition) is 2. The van der Waals surface area contributed by atoms with Crippen molar-refractivity contribution in [3.8, 4) is 0 Å². The van der Waals surface area contributed by atoms with Gasteiger partial charge >= 0.3 is 0 Å². The Morgan fingerprint density at radius 3 is 2.85 bits per heavy atom. The number of nitrogens with zero attached hydrogens (tertiary/aromatic N) is 2. The highest BCUT2D eigenvalue weighted by Crippen LogP contribution is 2.27. The fourth-order valence-electron chi connectivity index (χ4n) is 2.49. The normalized spacial score (nSPS) is 18.6. The van der Waals surface area contributed by atoms with E-state index in [9.17, 15) is 9.59 Å². The van der Waals surface area contributed by atoms with Crippen LogP contribution >= 0.6 is 11.6 Å². The number of piperidine rings is 1. The summed E-state index contributed by atoms with van der Waals surface area (Å²) in [6.45, 7) is 3.08. The smallest absolute Gasteiger partial charge is 0.252 e. The lowest BCUT2D eigenvalue weighted by atomic mass is 10.0. The van der Waals surface area contributed by atoms with Crippen LogP contribution in [-0.4, -0.2) is 35.9 Å². The average molecular weight is 297 g/mol. The van der Waals surface area contributed by atoms with Crippen molar-refractivity contribution >= 4 is 29.1 Å². The first-order valence-corrected chi connectivity index (χ1v) is 6.84. The highest BCUT2D eigenvalue weighted by molar-refractivity contribution is 6.30. The van der Waals surface area contributed by atoms with Gasteiger partial charge in [0, 0.05) is 31.8 Å². The van der Waals surface area contributed by atoms with Crippen molar-refractivity contribution in [1.82, 2.24) is 10.3 Å². The number of nitrogens with two attached hydrogens (primary N) is 1. The molecule has 2 rings (SSSR count). The molecular weight excluding hydrogens is 280 g/mol. The molecule has 6 nitrogen and oxygen atoms in total. The Kier molecular flexibility index (Phi) is 4.57. The molecule has 1 unspecified atom stereocenters. The van der Waals surface area contributed by atoms with Crippen LogP contribution < -0.4 is 16.0 Å². The molecule has 0 radical (unpaired) electrons. The minimum Gasteiger partial charge on any atom is -0.365 e. The zero-order chi connectivity index (χ0) is 14.7. The van der Waals surface area contributed by atoms with E-state index in [4.69, 9.17) is 17.3 Å². The number of anilines is 1. The van der Waals surface area contributed by atoms with Crippen LogP contribution in [0.5, 0.6) is 0 Å². The van der Waals surface area contributed by atoms with Crippen LogP contribution in [0.1, 0.15) is 30.1 Å². The predicted molar refractivity (Wildman–Crippen MR) is 76.8 cm³/mol. The fourth-order valence-corrected chi connectivity index (χ4v) is 2.64. The number of primary amides is 1. The number of hydrogen-bond acceptors (Lipinski definition) is 4. The Morgan fingerprint density at radius 1 is 1.55 bits per heavy atom. The number of halogens is 1. The summed E-state index contributed by atoms with van der Waals surface area (Å²) < 4.78 is 0. The van der Waals surface area contributed by atoms with Crippen LogP contribution in [-0.2, 0) is 4.79 Å². The van der Waals surface area contributed by atoms with Gasteiger partial charge in [0.25, 0.3) is 5.91 Å². The minimum atomic E-state index is -0.626. The molecule has 0 aromatic carbocycles.